The lowest BCUT2D eigenvalue weighted by molar-refractivity contribution is -0.277. The van der Waals surface area contributed by atoms with Crippen molar-refractivity contribution in [1.82, 2.24) is 4.90 Å². The summed E-state index contributed by atoms with van der Waals surface area (Å²) >= 11 is 0. The number of anilines is 2. The van der Waals surface area contributed by atoms with E-state index in [1.165, 1.54) is 6.07 Å². The first kappa shape index (κ1) is 19.5. The summed E-state index contributed by atoms with van der Waals surface area (Å²) in [6.45, 7) is 5.83. The molecule has 158 valence electrons. The molecular weight excluding hydrogens is 385 g/mol. The lowest BCUT2D eigenvalue weighted by Gasteiger charge is -2.39. The van der Waals surface area contributed by atoms with Gasteiger partial charge in [-0.25, -0.2) is 4.39 Å². The van der Waals surface area contributed by atoms with Crippen LogP contribution in [0, 0.1) is 5.82 Å². The van der Waals surface area contributed by atoms with E-state index in [4.69, 9.17) is 9.47 Å². The molecule has 2 fully saturated rings. The highest BCUT2D eigenvalue weighted by atomic mass is 19.1. The summed E-state index contributed by atoms with van der Waals surface area (Å²) in [7, 11) is 0. The monoisotopic (exact) mass is 411 g/mol. The molecule has 2 aromatic rings. The third-order valence-electron chi connectivity index (χ3n) is 6.18. The van der Waals surface area contributed by atoms with E-state index in [9.17, 15) is 9.18 Å². The van der Waals surface area contributed by atoms with Gasteiger partial charge in [0.15, 0.2) is 0 Å². The highest BCUT2D eigenvalue weighted by molar-refractivity contribution is 6.06. The molecule has 0 bridgehead atoms. The Hall–Kier alpha value is -2.48. The Morgan fingerprint density at radius 1 is 1.03 bits per heavy atom. The van der Waals surface area contributed by atoms with Crippen LogP contribution in [0.15, 0.2) is 48.5 Å². The summed E-state index contributed by atoms with van der Waals surface area (Å²) in [4.78, 5) is 19.5. The van der Waals surface area contributed by atoms with Gasteiger partial charge in [0.25, 0.3) is 11.7 Å². The van der Waals surface area contributed by atoms with Crippen molar-refractivity contribution in [1.29, 1.82) is 0 Å². The summed E-state index contributed by atoms with van der Waals surface area (Å²) in [5.41, 5.74) is 2.26. The normalized spacial score (nSPS) is 27.0. The first-order valence-electron chi connectivity index (χ1n) is 10.5. The first-order chi connectivity index (χ1) is 14.6. The Morgan fingerprint density at radius 3 is 2.47 bits per heavy atom. The molecule has 6 nitrogen and oxygen atoms in total. The average molecular weight is 411 g/mol. The maximum Gasteiger partial charge on any atom is 0.293 e. The number of carbonyl (C=O) groups is 1. The summed E-state index contributed by atoms with van der Waals surface area (Å²) in [6.07, 6.45) is 0.731. The Labute approximate surface area is 175 Å². The number of halogens is 1. The SMILES string of the molecule is C[C@H]1CCO[C@]2(O1)C(=O)N(CN1CCN(c3ccccc3F)CC1)c1ccccc12. The van der Waals surface area contributed by atoms with Crippen molar-refractivity contribution in [2.24, 2.45) is 0 Å². The predicted molar refractivity (Wildman–Crippen MR) is 112 cm³/mol. The number of piperazine rings is 1. The number of fused-ring (bicyclic) bond motifs is 2. The molecule has 0 aliphatic carbocycles. The second kappa shape index (κ2) is 7.65. The minimum absolute atomic E-state index is 0.0416. The standard InChI is InChI=1S/C23H26FN3O3/c1-17-10-15-29-23(30-17)18-6-2-4-8-20(18)27(22(23)28)16-25-11-13-26(14-12-25)21-9-5-3-7-19(21)24/h2-9,17H,10-16H2,1H3/t17-,23+/m0/s1. The zero-order valence-corrected chi connectivity index (χ0v) is 17.1. The van der Waals surface area contributed by atoms with Crippen LogP contribution in [-0.2, 0) is 20.1 Å². The number of ether oxygens (including phenoxy) is 2. The number of rotatable bonds is 3. The molecule has 0 N–H and O–H groups in total. The van der Waals surface area contributed by atoms with Crippen LogP contribution in [-0.4, -0.2) is 56.4 Å². The van der Waals surface area contributed by atoms with Gasteiger partial charge >= 0.3 is 0 Å². The quantitative estimate of drug-likeness (QED) is 0.777. The molecule has 30 heavy (non-hydrogen) atoms. The largest absolute Gasteiger partial charge is 0.367 e. The van der Waals surface area contributed by atoms with E-state index < -0.39 is 5.79 Å². The van der Waals surface area contributed by atoms with Crippen LogP contribution in [0.1, 0.15) is 18.9 Å². The molecule has 0 radical (unpaired) electrons. The summed E-state index contributed by atoms with van der Waals surface area (Å²) in [5.74, 6) is -1.69. The predicted octanol–water partition coefficient (Wildman–Crippen LogP) is 2.93. The third kappa shape index (κ3) is 3.17. The molecule has 2 aromatic carbocycles. The van der Waals surface area contributed by atoms with E-state index in [0.717, 1.165) is 30.8 Å². The Bertz CT molecular complexity index is 947. The number of carbonyl (C=O) groups excluding carboxylic acids is 1. The van der Waals surface area contributed by atoms with Crippen molar-refractivity contribution in [2.45, 2.75) is 25.2 Å². The lowest BCUT2D eigenvalue weighted by atomic mass is 10.1. The fourth-order valence-corrected chi connectivity index (χ4v) is 4.57. The smallest absolute Gasteiger partial charge is 0.293 e. The van der Waals surface area contributed by atoms with Crippen LogP contribution in [0.2, 0.25) is 0 Å². The Balaban J connectivity index is 1.32. The minimum Gasteiger partial charge on any atom is -0.367 e. The topological polar surface area (TPSA) is 45.3 Å². The van der Waals surface area contributed by atoms with Crippen molar-refractivity contribution in [3.63, 3.8) is 0 Å². The molecule has 7 heteroatoms. The van der Waals surface area contributed by atoms with Crippen molar-refractivity contribution in [3.8, 4) is 0 Å². The van der Waals surface area contributed by atoms with Crippen molar-refractivity contribution >= 4 is 17.3 Å². The molecular formula is C23H26FN3O3. The highest BCUT2D eigenvalue weighted by Gasteiger charge is 2.56. The molecule has 2 saturated heterocycles. The first-order valence-corrected chi connectivity index (χ1v) is 10.5. The zero-order chi connectivity index (χ0) is 20.7. The van der Waals surface area contributed by atoms with Gasteiger partial charge in [0.2, 0.25) is 0 Å². The molecule has 5 rings (SSSR count). The fourth-order valence-electron chi connectivity index (χ4n) is 4.57. The molecule has 0 aromatic heterocycles. The van der Waals surface area contributed by atoms with E-state index in [1.807, 2.05) is 43.3 Å². The van der Waals surface area contributed by atoms with Gasteiger partial charge in [-0.05, 0) is 31.5 Å². The second-order valence-corrected chi connectivity index (χ2v) is 8.13. The van der Waals surface area contributed by atoms with Crippen molar-refractivity contribution in [2.75, 3.05) is 49.3 Å². The summed E-state index contributed by atoms with van der Waals surface area (Å²) in [6, 6.07) is 14.6. The van der Waals surface area contributed by atoms with Gasteiger partial charge in [0.1, 0.15) is 5.82 Å². The van der Waals surface area contributed by atoms with Gasteiger partial charge in [0.05, 0.1) is 30.8 Å². The van der Waals surface area contributed by atoms with Gasteiger partial charge in [-0.15, -0.1) is 0 Å². The average Bonchev–Trinajstić information content (AvgIpc) is 2.97. The molecule has 3 heterocycles. The van der Waals surface area contributed by atoms with Gasteiger partial charge in [-0.3, -0.25) is 14.6 Å². The van der Waals surface area contributed by atoms with Crippen LogP contribution in [0.4, 0.5) is 15.8 Å². The zero-order valence-electron chi connectivity index (χ0n) is 17.1. The van der Waals surface area contributed by atoms with Crippen LogP contribution in [0.25, 0.3) is 0 Å². The molecule has 0 saturated carbocycles. The Kier molecular flexibility index (Phi) is 4.97. The van der Waals surface area contributed by atoms with Crippen LogP contribution >= 0.6 is 0 Å². The van der Waals surface area contributed by atoms with Crippen LogP contribution < -0.4 is 9.80 Å². The van der Waals surface area contributed by atoms with Gasteiger partial charge in [-0.1, -0.05) is 30.3 Å². The minimum atomic E-state index is -1.33. The number of hydrogen-bond donors (Lipinski definition) is 0. The highest BCUT2D eigenvalue weighted by Crippen LogP contribution is 2.46. The molecule has 1 spiro atoms. The summed E-state index contributed by atoms with van der Waals surface area (Å²) < 4.78 is 26.2. The van der Waals surface area contributed by atoms with Crippen molar-refractivity contribution in [3.05, 3.63) is 59.9 Å². The van der Waals surface area contributed by atoms with Crippen molar-refractivity contribution < 1.29 is 18.7 Å². The Morgan fingerprint density at radius 2 is 1.73 bits per heavy atom. The van der Waals surface area contributed by atoms with E-state index in [2.05, 4.69) is 9.80 Å². The number of nitrogens with zero attached hydrogens (tertiary/aromatic N) is 3. The second-order valence-electron chi connectivity index (χ2n) is 8.13. The van der Waals surface area contributed by atoms with Gasteiger partial charge in [-0.2, -0.15) is 0 Å². The van der Waals surface area contributed by atoms with Gasteiger partial charge < -0.3 is 14.4 Å². The third-order valence-corrected chi connectivity index (χ3v) is 6.18. The molecule has 1 amide bonds. The molecule has 3 aliphatic rings. The number of hydrogen-bond acceptors (Lipinski definition) is 5. The number of para-hydroxylation sites is 2. The fraction of sp³-hybridized carbons (Fsp3) is 0.435. The maximum atomic E-state index is 14.1. The van der Waals surface area contributed by atoms with Gasteiger partial charge in [0, 0.05) is 31.7 Å². The van der Waals surface area contributed by atoms with E-state index in [1.54, 1.807) is 11.0 Å². The summed E-state index contributed by atoms with van der Waals surface area (Å²) in [5, 5.41) is 0. The van der Waals surface area contributed by atoms with E-state index >= 15 is 0 Å². The lowest BCUT2D eigenvalue weighted by Crippen LogP contribution is -2.54. The maximum absolute atomic E-state index is 14.1. The van der Waals surface area contributed by atoms with Crippen LogP contribution in [0.5, 0.6) is 0 Å². The van der Waals surface area contributed by atoms with Crippen LogP contribution in [0.3, 0.4) is 0 Å². The number of amides is 1. The number of benzene rings is 2. The van der Waals surface area contributed by atoms with E-state index in [-0.39, 0.29) is 17.8 Å². The molecule has 3 aliphatic heterocycles. The van der Waals surface area contributed by atoms with E-state index in [0.29, 0.717) is 32.1 Å². The molecule has 0 unspecified atom stereocenters. The molecule has 2 atom stereocenters.